The van der Waals surface area contributed by atoms with E-state index in [0.717, 1.165) is 0 Å². The summed E-state index contributed by atoms with van der Waals surface area (Å²) >= 11 is 0. The first-order chi connectivity index (χ1) is 41.4. The highest BCUT2D eigenvalue weighted by atomic mass is 14.5. The minimum atomic E-state index is -0.166. The summed E-state index contributed by atoms with van der Waals surface area (Å²) in [6.45, 7) is 26.3. The van der Waals surface area contributed by atoms with Crippen molar-refractivity contribution in [1.29, 1.82) is 0 Å². The zero-order valence-electron chi connectivity index (χ0n) is 53.0. The fourth-order valence-corrected chi connectivity index (χ4v) is 17.3. The van der Waals surface area contributed by atoms with Crippen molar-refractivity contribution in [2.75, 3.05) is 0 Å². The molecule has 10 aromatic carbocycles. The Hall–Kier alpha value is -7.80. The topological polar surface area (TPSA) is 0 Å². The van der Waals surface area contributed by atoms with Crippen LogP contribution in [-0.2, 0) is 27.1 Å². The van der Waals surface area contributed by atoms with Crippen molar-refractivity contribution in [1.82, 2.24) is 0 Å². The van der Waals surface area contributed by atoms with Crippen molar-refractivity contribution >= 4 is 0 Å². The van der Waals surface area contributed by atoms with Crippen LogP contribution in [0, 0.1) is 6.92 Å². The van der Waals surface area contributed by atoms with E-state index in [9.17, 15) is 0 Å². The zero-order valence-corrected chi connectivity index (χ0v) is 53.0. The second kappa shape index (κ2) is 19.9. The SMILES string of the molecule is CCCCCCC1(CCCCCC)c2ccccc2-c2ccc(-c3ccc4c(c3)C(C)(C)c3cc(-c5ccc6c(c5)C(C)(C)c5cc(-c7ccc8c(c7)C(C)(C)c7cc(-c9ccc%10c(c9)C(C)(C)c9cc(C)ccc9-%10)ccc7-8)ccc5-6)ccc3-4)cc21. The van der Waals surface area contributed by atoms with Crippen LogP contribution in [0.2, 0.25) is 0 Å². The Labute approximate surface area is 513 Å². The van der Waals surface area contributed by atoms with E-state index < -0.39 is 0 Å². The Morgan fingerprint density at radius 2 is 0.477 bits per heavy atom. The van der Waals surface area contributed by atoms with Crippen LogP contribution >= 0.6 is 0 Å². The second-order valence-electron chi connectivity index (χ2n) is 28.9. The summed E-state index contributed by atoms with van der Waals surface area (Å²) in [4.78, 5) is 0. The summed E-state index contributed by atoms with van der Waals surface area (Å²) in [5.41, 5.74) is 39.6. The Morgan fingerprint density at radius 3 is 0.779 bits per heavy atom. The molecule has 0 saturated heterocycles. The molecule has 15 rings (SSSR count). The van der Waals surface area contributed by atoms with E-state index in [-0.39, 0.29) is 27.1 Å². The molecule has 0 unspecified atom stereocenters. The third-order valence-electron chi connectivity index (χ3n) is 22.4. The molecular formula is C86H84. The first-order valence-corrected chi connectivity index (χ1v) is 32.8. The maximum atomic E-state index is 2.62. The van der Waals surface area contributed by atoms with Gasteiger partial charge in [-0.05, 0) is 224 Å². The molecule has 428 valence electrons. The molecule has 5 aliphatic carbocycles. The summed E-state index contributed by atoms with van der Waals surface area (Å²) < 4.78 is 0. The third-order valence-corrected chi connectivity index (χ3v) is 22.4. The smallest absolute Gasteiger partial charge is 0.0215 e. The molecule has 0 radical (unpaired) electrons. The van der Waals surface area contributed by atoms with Gasteiger partial charge in [0.05, 0.1) is 0 Å². The lowest BCUT2D eigenvalue weighted by atomic mass is 9.70. The number of aryl methyl sites for hydroxylation is 1. The van der Waals surface area contributed by atoms with Gasteiger partial charge in [0.2, 0.25) is 0 Å². The molecule has 0 spiro atoms. The molecule has 0 saturated carbocycles. The summed E-state index contributed by atoms with van der Waals surface area (Å²) in [6, 6.07) is 74.8. The van der Waals surface area contributed by atoms with Crippen LogP contribution in [0.25, 0.3) is 100 Å². The average Bonchev–Trinajstić information content (AvgIpc) is 1.75. The van der Waals surface area contributed by atoms with Crippen LogP contribution in [0.3, 0.4) is 0 Å². The van der Waals surface area contributed by atoms with Gasteiger partial charge in [0, 0.05) is 27.1 Å². The lowest BCUT2D eigenvalue weighted by Crippen LogP contribution is -2.25. The molecule has 5 aliphatic rings. The molecule has 10 aromatic rings. The lowest BCUT2D eigenvalue weighted by molar-refractivity contribution is 0.401. The Bertz CT molecular complexity index is 4430. The molecule has 0 aliphatic heterocycles. The Balaban J connectivity index is 0.695. The predicted molar refractivity (Wildman–Crippen MR) is 367 cm³/mol. The number of rotatable bonds is 14. The van der Waals surface area contributed by atoms with E-state index in [1.165, 1.54) is 214 Å². The minimum Gasteiger partial charge on any atom is -0.0654 e. The van der Waals surface area contributed by atoms with Crippen LogP contribution in [0.4, 0.5) is 0 Å². The third kappa shape index (κ3) is 8.13. The van der Waals surface area contributed by atoms with Crippen LogP contribution in [0.5, 0.6) is 0 Å². The highest BCUT2D eigenvalue weighted by molar-refractivity contribution is 5.92. The van der Waals surface area contributed by atoms with Gasteiger partial charge < -0.3 is 0 Å². The summed E-state index contributed by atoms with van der Waals surface area (Å²) in [6.07, 6.45) is 12.8. The van der Waals surface area contributed by atoms with Gasteiger partial charge in [0.25, 0.3) is 0 Å². The highest BCUT2D eigenvalue weighted by Gasteiger charge is 2.44. The van der Waals surface area contributed by atoms with Crippen LogP contribution in [0.15, 0.2) is 188 Å². The van der Waals surface area contributed by atoms with Gasteiger partial charge in [-0.15, -0.1) is 0 Å². The molecule has 0 aromatic heterocycles. The van der Waals surface area contributed by atoms with E-state index in [4.69, 9.17) is 0 Å². The average molecular weight is 1120 g/mol. The Morgan fingerprint density at radius 1 is 0.233 bits per heavy atom. The van der Waals surface area contributed by atoms with Crippen molar-refractivity contribution in [2.45, 2.75) is 167 Å². The molecule has 0 nitrogen and oxygen atoms in total. The van der Waals surface area contributed by atoms with Crippen molar-refractivity contribution < 1.29 is 0 Å². The number of benzene rings is 10. The standard InChI is InChI=1S/C86H84/c1-12-14-16-20-42-86(43-21-17-15-13-2)72-23-19-18-22-62(72)71-41-32-61(52-81(71)86)60-31-40-70-69-39-30-59(50-79(69)85(10,11)80(70)51-60)58-29-38-68-67-37-28-57(48-77(67)84(8,9)78(68)49-58)56-27-36-66-65-35-26-55(46-75(65)83(6,7)76(66)47-56)54-25-34-64-63-33-24-53(3)44-73(63)82(4,5)74(64)45-54/h18-19,22-41,44-52H,12-17,20-21,42-43H2,1-11H3. The highest BCUT2D eigenvalue weighted by Crippen LogP contribution is 2.58. The first kappa shape index (κ1) is 54.8. The molecular weight excluding hydrogens is 1030 g/mol. The fourth-order valence-electron chi connectivity index (χ4n) is 17.3. The van der Waals surface area contributed by atoms with Crippen molar-refractivity contribution in [3.63, 3.8) is 0 Å². The normalized spacial score (nSPS) is 16.3. The molecule has 0 amide bonds. The minimum absolute atomic E-state index is 0.0376. The number of fused-ring (bicyclic) bond motifs is 15. The van der Waals surface area contributed by atoms with E-state index in [1.54, 1.807) is 11.1 Å². The number of hydrogen-bond donors (Lipinski definition) is 0. The maximum absolute atomic E-state index is 2.62. The first-order valence-electron chi connectivity index (χ1n) is 32.8. The van der Waals surface area contributed by atoms with Gasteiger partial charge in [0.1, 0.15) is 0 Å². The summed E-state index contributed by atoms with van der Waals surface area (Å²) in [5, 5.41) is 0. The van der Waals surface area contributed by atoms with Gasteiger partial charge in [-0.2, -0.15) is 0 Å². The predicted octanol–water partition coefficient (Wildman–Crippen LogP) is 24.1. The molecule has 0 N–H and O–H groups in total. The van der Waals surface area contributed by atoms with E-state index in [1.807, 2.05) is 0 Å². The molecule has 86 heavy (non-hydrogen) atoms. The number of unbranched alkanes of at least 4 members (excludes halogenated alkanes) is 6. The molecule has 0 bridgehead atoms. The van der Waals surface area contributed by atoms with E-state index in [0.29, 0.717) is 0 Å². The molecule has 0 atom stereocenters. The maximum Gasteiger partial charge on any atom is 0.0215 e. The van der Waals surface area contributed by atoms with E-state index in [2.05, 4.69) is 264 Å². The fraction of sp³-hybridized carbons (Fsp3) is 0.302. The van der Waals surface area contributed by atoms with Crippen LogP contribution < -0.4 is 0 Å². The lowest BCUT2D eigenvalue weighted by Gasteiger charge is -2.33. The van der Waals surface area contributed by atoms with Crippen LogP contribution in [0.1, 0.15) is 195 Å². The van der Waals surface area contributed by atoms with Gasteiger partial charge in [-0.25, -0.2) is 0 Å². The van der Waals surface area contributed by atoms with Crippen molar-refractivity contribution in [3.8, 4) is 100 Å². The Kier molecular flexibility index (Phi) is 12.7. The monoisotopic (exact) mass is 1120 g/mol. The van der Waals surface area contributed by atoms with Gasteiger partial charge in [-0.3, -0.25) is 0 Å². The van der Waals surface area contributed by atoms with Gasteiger partial charge >= 0.3 is 0 Å². The quantitative estimate of drug-likeness (QED) is 0.0952. The summed E-state index contributed by atoms with van der Waals surface area (Å²) in [5.74, 6) is 0. The molecule has 0 fully saturated rings. The second-order valence-corrected chi connectivity index (χ2v) is 28.9. The van der Waals surface area contributed by atoms with Gasteiger partial charge in [0.15, 0.2) is 0 Å². The van der Waals surface area contributed by atoms with Crippen LogP contribution in [-0.4, -0.2) is 0 Å². The van der Waals surface area contributed by atoms with Gasteiger partial charge in [-0.1, -0.05) is 266 Å². The summed E-state index contributed by atoms with van der Waals surface area (Å²) in [7, 11) is 0. The van der Waals surface area contributed by atoms with Crippen molar-refractivity contribution in [2.24, 2.45) is 0 Å². The zero-order chi connectivity index (χ0) is 59.2. The molecule has 0 heterocycles. The number of hydrogen-bond acceptors (Lipinski definition) is 0. The van der Waals surface area contributed by atoms with Crippen molar-refractivity contribution in [3.05, 3.63) is 249 Å². The van der Waals surface area contributed by atoms with E-state index >= 15 is 0 Å². The molecule has 0 heteroatoms. The largest absolute Gasteiger partial charge is 0.0654 e.